The lowest BCUT2D eigenvalue weighted by atomic mass is 10.0. The lowest BCUT2D eigenvalue weighted by Gasteiger charge is -2.35. The Morgan fingerprint density at radius 2 is 2.05 bits per heavy atom. The van der Waals surface area contributed by atoms with Gasteiger partial charge in [-0.25, -0.2) is 0 Å². The minimum atomic E-state index is -0.341. The maximum absolute atomic E-state index is 12.6. The van der Waals surface area contributed by atoms with Crippen LogP contribution in [0.3, 0.4) is 0 Å². The molecule has 4 nitrogen and oxygen atoms in total. The third-order valence-electron chi connectivity index (χ3n) is 4.41. The summed E-state index contributed by atoms with van der Waals surface area (Å²) in [5.41, 5.74) is 3.64. The van der Waals surface area contributed by atoms with Crippen LogP contribution >= 0.6 is 12.4 Å². The number of halogens is 1. The predicted molar refractivity (Wildman–Crippen MR) is 85.3 cm³/mol. The number of carbonyl (C=O) groups excluding carboxylic acids is 1. The summed E-state index contributed by atoms with van der Waals surface area (Å²) in [6.07, 6.45) is 0.359. The molecule has 2 aliphatic rings. The zero-order valence-electron chi connectivity index (χ0n) is 12.8. The van der Waals surface area contributed by atoms with Gasteiger partial charge in [-0.05, 0) is 43.5 Å². The van der Waals surface area contributed by atoms with Crippen LogP contribution in [0.15, 0.2) is 12.1 Å². The molecule has 1 saturated heterocycles. The Hall–Kier alpha value is -1.26. The predicted octanol–water partition coefficient (Wildman–Crippen LogP) is 1.85. The van der Waals surface area contributed by atoms with Crippen molar-refractivity contribution >= 4 is 18.3 Å². The van der Waals surface area contributed by atoms with Gasteiger partial charge >= 0.3 is 0 Å². The molecule has 0 aromatic heterocycles. The third kappa shape index (κ3) is 3.01. The number of nitrogens with zero attached hydrogens (tertiary/aromatic N) is 1. The van der Waals surface area contributed by atoms with E-state index < -0.39 is 0 Å². The topological polar surface area (TPSA) is 41.6 Å². The van der Waals surface area contributed by atoms with Gasteiger partial charge in [0, 0.05) is 32.1 Å². The number of benzene rings is 1. The Balaban J connectivity index is 0.00000161. The molecule has 0 radical (unpaired) electrons. The van der Waals surface area contributed by atoms with Gasteiger partial charge in [-0.3, -0.25) is 4.79 Å². The van der Waals surface area contributed by atoms with E-state index in [9.17, 15) is 4.79 Å². The van der Waals surface area contributed by atoms with Gasteiger partial charge in [0.15, 0.2) is 6.10 Å². The van der Waals surface area contributed by atoms with Crippen LogP contribution < -0.4 is 10.1 Å². The number of aryl methyl sites for hydroxylation is 2. The molecule has 1 N–H and O–H groups in total. The van der Waals surface area contributed by atoms with E-state index in [1.54, 1.807) is 0 Å². The number of nitrogens with one attached hydrogen (secondary N) is 1. The molecule has 3 rings (SSSR count). The molecule has 0 spiro atoms. The van der Waals surface area contributed by atoms with Crippen LogP contribution in [-0.2, 0) is 11.2 Å². The second-order valence-electron chi connectivity index (χ2n) is 5.94. The van der Waals surface area contributed by atoms with Crippen LogP contribution in [0.4, 0.5) is 0 Å². The highest BCUT2D eigenvalue weighted by Gasteiger charge is 2.35. The van der Waals surface area contributed by atoms with Crippen LogP contribution in [0.2, 0.25) is 0 Å². The minimum absolute atomic E-state index is 0. The first-order valence-electron chi connectivity index (χ1n) is 7.34. The smallest absolute Gasteiger partial charge is 0.264 e. The summed E-state index contributed by atoms with van der Waals surface area (Å²) in [5.74, 6) is 1.01. The highest BCUT2D eigenvalue weighted by molar-refractivity contribution is 5.85. The second kappa shape index (κ2) is 6.24. The number of hydrogen-bond donors (Lipinski definition) is 1. The molecule has 1 aromatic rings. The lowest BCUT2D eigenvalue weighted by molar-refractivity contribution is -0.140. The van der Waals surface area contributed by atoms with E-state index in [1.165, 1.54) is 11.1 Å². The lowest BCUT2D eigenvalue weighted by Crippen LogP contribution is -2.55. The van der Waals surface area contributed by atoms with Gasteiger partial charge in [0.25, 0.3) is 5.91 Å². The van der Waals surface area contributed by atoms with Crippen molar-refractivity contribution in [3.05, 3.63) is 28.8 Å². The van der Waals surface area contributed by atoms with Crippen LogP contribution in [0.5, 0.6) is 5.75 Å². The number of piperazine rings is 1. The number of amides is 1. The van der Waals surface area contributed by atoms with Gasteiger partial charge in [-0.2, -0.15) is 0 Å². The van der Waals surface area contributed by atoms with E-state index in [1.807, 2.05) is 4.90 Å². The van der Waals surface area contributed by atoms with E-state index in [2.05, 4.69) is 38.2 Å². The normalized spacial score (nSPS) is 24.0. The number of rotatable bonds is 1. The van der Waals surface area contributed by atoms with E-state index in [0.29, 0.717) is 6.42 Å². The summed E-state index contributed by atoms with van der Waals surface area (Å²) in [7, 11) is 0. The molecule has 1 aromatic carbocycles. The summed E-state index contributed by atoms with van der Waals surface area (Å²) in [6.45, 7) is 8.77. The SMILES string of the molecule is Cc1cc2c(cc1C)OC(C(=O)N1CCNC[C@@H]1C)C2.Cl. The van der Waals surface area contributed by atoms with Crippen molar-refractivity contribution in [3.63, 3.8) is 0 Å². The standard InChI is InChI=1S/C16H22N2O2.ClH/c1-10-6-13-8-15(20-14(13)7-11(10)2)16(19)18-5-4-17-9-12(18)3;/h6-7,12,15,17H,4-5,8-9H2,1-3H3;1H/t12-,15?;/m0./s1. The Morgan fingerprint density at radius 3 is 2.76 bits per heavy atom. The molecular formula is C16H23ClN2O2. The van der Waals surface area contributed by atoms with Crippen LogP contribution in [0, 0.1) is 13.8 Å². The fourth-order valence-electron chi connectivity index (χ4n) is 3.00. The van der Waals surface area contributed by atoms with Crippen molar-refractivity contribution in [2.24, 2.45) is 0 Å². The van der Waals surface area contributed by atoms with Crippen LogP contribution in [-0.4, -0.2) is 42.6 Å². The maximum atomic E-state index is 12.6. The van der Waals surface area contributed by atoms with Crippen molar-refractivity contribution in [1.29, 1.82) is 0 Å². The molecular weight excluding hydrogens is 288 g/mol. The van der Waals surface area contributed by atoms with Gasteiger partial charge in [0.1, 0.15) is 5.75 Å². The minimum Gasteiger partial charge on any atom is -0.480 e. The first-order chi connectivity index (χ1) is 9.56. The first-order valence-corrected chi connectivity index (χ1v) is 7.34. The summed E-state index contributed by atoms with van der Waals surface area (Å²) in [6, 6.07) is 4.45. The zero-order chi connectivity index (χ0) is 14.3. The molecule has 116 valence electrons. The molecule has 0 aliphatic carbocycles. The average Bonchev–Trinajstić information content (AvgIpc) is 2.82. The number of ether oxygens (including phenoxy) is 1. The second-order valence-corrected chi connectivity index (χ2v) is 5.94. The largest absolute Gasteiger partial charge is 0.480 e. The molecule has 1 fully saturated rings. The Kier molecular flexibility index (Phi) is 4.79. The average molecular weight is 311 g/mol. The van der Waals surface area contributed by atoms with E-state index in [0.717, 1.165) is 30.9 Å². The Bertz CT molecular complexity index is 516. The van der Waals surface area contributed by atoms with Gasteiger partial charge in [0.05, 0.1) is 0 Å². The van der Waals surface area contributed by atoms with Gasteiger partial charge < -0.3 is 15.0 Å². The highest BCUT2D eigenvalue weighted by atomic mass is 35.5. The molecule has 21 heavy (non-hydrogen) atoms. The molecule has 2 heterocycles. The maximum Gasteiger partial charge on any atom is 0.264 e. The van der Waals surface area contributed by atoms with E-state index in [4.69, 9.17) is 4.74 Å². The number of carbonyl (C=O) groups is 1. The fourth-order valence-corrected chi connectivity index (χ4v) is 3.00. The molecule has 2 atom stereocenters. The quantitative estimate of drug-likeness (QED) is 0.861. The molecule has 1 unspecified atom stereocenters. The van der Waals surface area contributed by atoms with Crippen molar-refractivity contribution in [2.75, 3.05) is 19.6 Å². The molecule has 0 bridgehead atoms. The van der Waals surface area contributed by atoms with Crippen molar-refractivity contribution in [3.8, 4) is 5.75 Å². The molecule has 2 aliphatic heterocycles. The van der Waals surface area contributed by atoms with Gasteiger partial charge in [-0.1, -0.05) is 6.07 Å². The fraction of sp³-hybridized carbons (Fsp3) is 0.562. The summed E-state index contributed by atoms with van der Waals surface area (Å²) >= 11 is 0. The first kappa shape index (κ1) is 16.1. The summed E-state index contributed by atoms with van der Waals surface area (Å²) in [5, 5.41) is 3.31. The summed E-state index contributed by atoms with van der Waals surface area (Å²) < 4.78 is 5.89. The van der Waals surface area contributed by atoms with Crippen molar-refractivity contribution in [2.45, 2.75) is 39.3 Å². The molecule has 1 amide bonds. The Morgan fingerprint density at radius 1 is 1.33 bits per heavy atom. The number of fused-ring (bicyclic) bond motifs is 1. The molecule has 5 heteroatoms. The van der Waals surface area contributed by atoms with Crippen LogP contribution in [0.1, 0.15) is 23.6 Å². The van der Waals surface area contributed by atoms with Gasteiger partial charge in [-0.15, -0.1) is 12.4 Å². The highest BCUT2D eigenvalue weighted by Crippen LogP contribution is 2.32. The summed E-state index contributed by atoms with van der Waals surface area (Å²) in [4.78, 5) is 14.6. The van der Waals surface area contributed by atoms with Crippen molar-refractivity contribution < 1.29 is 9.53 Å². The van der Waals surface area contributed by atoms with Crippen LogP contribution in [0.25, 0.3) is 0 Å². The van der Waals surface area contributed by atoms with E-state index >= 15 is 0 Å². The van der Waals surface area contributed by atoms with Crippen molar-refractivity contribution in [1.82, 2.24) is 10.2 Å². The van der Waals surface area contributed by atoms with E-state index in [-0.39, 0.29) is 30.5 Å². The third-order valence-corrected chi connectivity index (χ3v) is 4.41. The molecule has 0 saturated carbocycles. The monoisotopic (exact) mass is 310 g/mol. The Labute approximate surface area is 132 Å². The zero-order valence-corrected chi connectivity index (χ0v) is 13.6. The van der Waals surface area contributed by atoms with Gasteiger partial charge in [0.2, 0.25) is 0 Å². The number of hydrogen-bond acceptors (Lipinski definition) is 3.